The quantitative estimate of drug-likeness (QED) is 0.825. The molecule has 1 aromatic rings. The molecule has 0 saturated carbocycles. The summed E-state index contributed by atoms with van der Waals surface area (Å²) in [7, 11) is 0. The number of carbonyl (C=O) groups is 1. The van der Waals surface area contributed by atoms with Crippen LogP contribution in [0.1, 0.15) is 24.2 Å². The molecule has 0 aliphatic carbocycles. The van der Waals surface area contributed by atoms with Crippen molar-refractivity contribution in [3.05, 3.63) is 33.3 Å². The van der Waals surface area contributed by atoms with Crippen molar-refractivity contribution >= 4 is 45.8 Å². The predicted octanol–water partition coefficient (Wildman–Crippen LogP) is 3.35. The Kier molecular flexibility index (Phi) is 6.12. The molecule has 1 fully saturated rings. The first kappa shape index (κ1) is 16.8. The van der Waals surface area contributed by atoms with E-state index in [1.165, 1.54) is 0 Å². The summed E-state index contributed by atoms with van der Waals surface area (Å²) in [5.41, 5.74) is 0.571. The highest BCUT2D eigenvalue weighted by Gasteiger charge is 2.26. The first-order chi connectivity index (χ1) is 8.47. The van der Waals surface area contributed by atoms with Gasteiger partial charge in [0.1, 0.15) is 0 Å². The maximum absolute atomic E-state index is 12.4. The van der Waals surface area contributed by atoms with Crippen LogP contribution in [0.5, 0.6) is 0 Å². The van der Waals surface area contributed by atoms with Gasteiger partial charge in [-0.2, -0.15) is 0 Å². The first-order valence-corrected chi connectivity index (χ1v) is 7.15. The SMILES string of the molecule is CC1CN(C(=O)c2ccc(Br)cc2Cl)CC(C)N1.Cl. The van der Waals surface area contributed by atoms with Gasteiger partial charge in [0.25, 0.3) is 5.91 Å². The fourth-order valence-corrected chi connectivity index (χ4v) is 3.08. The van der Waals surface area contributed by atoms with E-state index < -0.39 is 0 Å². The predicted molar refractivity (Wildman–Crippen MR) is 84.4 cm³/mol. The van der Waals surface area contributed by atoms with Crippen molar-refractivity contribution in [2.45, 2.75) is 25.9 Å². The van der Waals surface area contributed by atoms with Crippen LogP contribution in [0.15, 0.2) is 22.7 Å². The number of rotatable bonds is 1. The molecule has 2 unspecified atom stereocenters. The molecule has 1 aromatic carbocycles. The van der Waals surface area contributed by atoms with Crippen LogP contribution in [0.4, 0.5) is 0 Å². The van der Waals surface area contributed by atoms with E-state index in [0.717, 1.165) is 17.6 Å². The number of hydrogen-bond acceptors (Lipinski definition) is 2. The van der Waals surface area contributed by atoms with Gasteiger partial charge in [0.05, 0.1) is 10.6 Å². The van der Waals surface area contributed by atoms with Crippen molar-refractivity contribution in [3.8, 4) is 0 Å². The van der Waals surface area contributed by atoms with E-state index in [1.807, 2.05) is 11.0 Å². The van der Waals surface area contributed by atoms with Crippen LogP contribution in [0, 0.1) is 0 Å². The van der Waals surface area contributed by atoms with E-state index in [1.54, 1.807) is 12.1 Å². The number of benzene rings is 1. The summed E-state index contributed by atoms with van der Waals surface area (Å²) in [5, 5.41) is 3.90. The fourth-order valence-electron chi connectivity index (χ4n) is 2.33. The second-order valence-electron chi connectivity index (χ2n) is 4.80. The minimum absolute atomic E-state index is 0. The Morgan fingerprint density at radius 3 is 2.47 bits per heavy atom. The largest absolute Gasteiger partial charge is 0.336 e. The molecule has 6 heteroatoms. The van der Waals surface area contributed by atoms with Gasteiger partial charge in [-0.05, 0) is 32.0 Å². The Morgan fingerprint density at radius 1 is 1.37 bits per heavy atom. The molecule has 1 aliphatic rings. The van der Waals surface area contributed by atoms with Gasteiger partial charge in [0.2, 0.25) is 0 Å². The number of hydrogen-bond donors (Lipinski definition) is 1. The molecule has 2 rings (SSSR count). The Bertz CT molecular complexity index is 460. The molecular weight excluding hydrogens is 351 g/mol. The zero-order valence-electron chi connectivity index (χ0n) is 10.8. The van der Waals surface area contributed by atoms with Crippen LogP contribution in [-0.2, 0) is 0 Å². The normalized spacial score (nSPS) is 22.8. The van der Waals surface area contributed by atoms with E-state index in [4.69, 9.17) is 11.6 Å². The summed E-state index contributed by atoms with van der Waals surface area (Å²) in [6, 6.07) is 5.99. The van der Waals surface area contributed by atoms with Gasteiger partial charge in [0, 0.05) is 29.6 Å². The van der Waals surface area contributed by atoms with Crippen molar-refractivity contribution in [3.63, 3.8) is 0 Å². The van der Waals surface area contributed by atoms with Crippen LogP contribution >= 0.6 is 39.9 Å². The van der Waals surface area contributed by atoms with Crippen LogP contribution in [0.25, 0.3) is 0 Å². The molecule has 0 spiro atoms. The van der Waals surface area contributed by atoms with Crippen molar-refractivity contribution in [2.75, 3.05) is 13.1 Å². The van der Waals surface area contributed by atoms with Gasteiger partial charge in [0.15, 0.2) is 0 Å². The second-order valence-corrected chi connectivity index (χ2v) is 6.13. The van der Waals surface area contributed by atoms with Crippen LogP contribution in [0.2, 0.25) is 5.02 Å². The number of halogens is 3. The molecule has 1 saturated heterocycles. The monoisotopic (exact) mass is 366 g/mol. The smallest absolute Gasteiger partial charge is 0.255 e. The number of nitrogens with one attached hydrogen (secondary N) is 1. The van der Waals surface area contributed by atoms with Crippen molar-refractivity contribution < 1.29 is 4.79 Å². The summed E-state index contributed by atoms with van der Waals surface area (Å²) in [5.74, 6) is 0.00713. The Hall–Kier alpha value is -0.290. The Morgan fingerprint density at radius 2 is 1.95 bits per heavy atom. The summed E-state index contributed by atoms with van der Waals surface area (Å²) >= 11 is 9.46. The van der Waals surface area contributed by atoms with Crippen molar-refractivity contribution in [2.24, 2.45) is 0 Å². The van der Waals surface area contributed by atoms with Crippen LogP contribution < -0.4 is 5.32 Å². The number of amides is 1. The lowest BCUT2D eigenvalue weighted by molar-refractivity contribution is 0.0674. The van der Waals surface area contributed by atoms with Gasteiger partial charge < -0.3 is 10.2 Å². The minimum Gasteiger partial charge on any atom is -0.336 e. The van der Waals surface area contributed by atoms with Gasteiger partial charge in [-0.1, -0.05) is 27.5 Å². The molecule has 3 nitrogen and oxygen atoms in total. The highest BCUT2D eigenvalue weighted by Crippen LogP contribution is 2.23. The first-order valence-electron chi connectivity index (χ1n) is 5.97. The summed E-state index contributed by atoms with van der Waals surface area (Å²) in [6.45, 7) is 5.60. The van der Waals surface area contributed by atoms with Crippen LogP contribution in [-0.4, -0.2) is 36.0 Å². The van der Waals surface area contributed by atoms with E-state index in [9.17, 15) is 4.79 Å². The number of piperazine rings is 1. The maximum Gasteiger partial charge on any atom is 0.255 e. The lowest BCUT2D eigenvalue weighted by Crippen LogP contribution is -2.55. The lowest BCUT2D eigenvalue weighted by Gasteiger charge is -2.36. The van der Waals surface area contributed by atoms with Crippen molar-refractivity contribution in [1.82, 2.24) is 10.2 Å². The summed E-state index contributed by atoms with van der Waals surface area (Å²) in [4.78, 5) is 14.3. The zero-order chi connectivity index (χ0) is 13.3. The molecule has 1 amide bonds. The third-order valence-electron chi connectivity index (χ3n) is 3.01. The van der Waals surface area contributed by atoms with Crippen LogP contribution in [0.3, 0.4) is 0 Å². The Labute approximate surface area is 133 Å². The van der Waals surface area contributed by atoms with E-state index in [0.29, 0.717) is 22.7 Å². The maximum atomic E-state index is 12.4. The third-order valence-corrected chi connectivity index (χ3v) is 3.81. The van der Waals surface area contributed by atoms with E-state index >= 15 is 0 Å². The second kappa shape index (κ2) is 6.93. The third kappa shape index (κ3) is 4.09. The average molecular weight is 368 g/mol. The average Bonchev–Trinajstić information content (AvgIpc) is 2.26. The molecule has 1 heterocycles. The van der Waals surface area contributed by atoms with Crippen molar-refractivity contribution in [1.29, 1.82) is 0 Å². The minimum atomic E-state index is 0. The van der Waals surface area contributed by atoms with E-state index in [-0.39, 0.29) is 18.3 Å². The molecule has 106 valence electrons. The van der Waals surface area contributed by atoms with E-state index in [2.05, 4.69) is 35.1 Å². The summed E-state index contributed by atoms with van der Waals surface area (Å²) in [6.07, 6.45) is 0. The highest BCUT2D eigenvalue weighted by molar-refractivity contribution is 9.10. The molecule has 1 N–H and O–H groups in total. The molecular formula is C13H17BrCl2N2O. The molecule has 1 aliphatic heterocycles. The summed E-state index contributed by atoms with van der Waals surface area (Å²) < 4.78 is 0.881. The van der Waals surface area contributed by atoms with Gasteiger partial charge >= 0.3 is 0 Å². The van der Waals surface area contributed by atoms with Gasteiger partial charge in [-0.3, -0.25) is 4.79 Å². The highest BCUT2D eigenvalue weighted by atomic mass is 79.9. The fraction of sp³-hybridized carbons (Fsp3) is 0.462. The molecule has 19 heavy (non-hydrogen) atoms. The lowest BCUT2D eigenvalue weighted by atomic mass is 10.1. The molecule has 2 atom stereocenters. The standard InChI is InChI=1S/C13H16BrClN2O.ClH/c1-8-6-17(7-9(2)16-8)13(18)11-4-3-10(14)5-12(11)15;/h3-5,8-9,16H,6-7H2,1-2H3;1H. The molecule has 0 radical (unpaired) electrons. The molecule has 0 aromatic heterocycles. The zero-order valence-corrected chi connectivity index (χ0v) is 14.0. The Balaban J connectivity index is 0.00000180. The topological polar surface area (TPSA) is 32.3 Å². The van der Waals surface area contributed by atoms with Gasteiger partial charge in [-0.25, -0.2) is 0 Å². The number of carbonyl (C=O) groups excluding carboxylic acids is 1. The van der Waals surface area contributed by atoms with Gasteiger partial charge in [-0.15, -0.1) is 12.4 Å². The molecule has 0 bridgehead atoms. The number of nitrogens with zero attached hydrogens (tertiary/aromatic N) is 1.